The van der Waals surface area contributed by atoms with Crippen molar-refractivity contribution in [3.8, 4) is 0 Å². The number of hydrogen-bond donors (Lipinski definition) is 0. The third-order valence-electron chi connectivity index (χ3n) is 7.03. The van der Waals surface area contributed by atoms with E-state index in [9.17, 15) is 31.1 Å². The van der Waals surface area contributed by atoms with Gasteiger partial charge in [0.1, 0.15) is 0 Å². The van der Waals surface area contributed by atoms with Gasteiger partial charge < -0.3 is 9.64 Å². The normalized spacial score (nSPS) is 18.0. The minimum atomic E-state index is -4.97. The average molecular weight is 612 g/mol. The number of carbonyl (C=O) groups is 1. The van der Waals surface area contributed by atoms with Gasteiger partial charge in [0.15, 0.2) is 5.17 Å². The third kappa shape index (κ3) is 6.81. The van der Waals surface area contributed by atoms with E-state index in [0.717, 1.165) is 38.8 Å². The number of carbonyl (C=O) groups excluding carboxylic acids is 1. The lowest BCUT2D eigenvalue weighted by Gasteiger charge is -2.35. The van der Waals surface area contributed by atoms with E-state index in [4.69, 9.17) is 4.74 Å². The number of alkyl halides is 6. The second kappa shape index (κ2) is 12.1. The number of amides is 1. The standard InChI is InChI=1S/C28H27F6N5O2S/c1-2-41-12-11-37-7-9-38(10-8-37)26-36-25(40)24(42-26)14-18-3-6-23-20(13-18)16-35-39(23)17-19-4-5-21(27(29,30)31)15-22(19)28(32,33)34/h3-6,13-16H,2,7-12,17H2,1H3. The zero-order valence-corrected chi connectivity index (χ0v) is 23.3. The average Bonchev–Trinajstić information content (AvgIpc) is 3.50. The lowest BCUT2D eigenvalue weighted by molar-refractivity contribution is -0.143. The van der Waals surface area contributed by atoms with Gasteiger partial charge >= 0.3 is 12.4 Å². The number of piperazine rings is 1. The number of amidine groups is 1. The molecule has 0 unspecified atom stereocenters. The molecule has 1 amide bonds. The number of ether oxygens (including phenoxy) is 1. The zero-order valence-electron chi connectivity index (χ0n) is 22.5. The summed E-state index contributed by atoms with van der Waals surface area (Å²) in [5, 5.41) is 5.42. The van der Waals surface area contributed by atoms with Crippen LogP contribution in [0.5, 0.6) is 0 Å². The number of hydrogen-bond acceptors (Lipinski definition) is 6. The first-order chi connectivity index (χ1) is 19.9. The van der Waals surface area contributed by atoms with Crippen LogP contribution in [-0.4, -0.2) is 76.6 Å². The number of benzene rings is 2. The Morgan fingerprint density at radius 1 is 1.00 bits per heavy atom. The molecule has 0 atom stereocenters. The van der Waals surface area contributed by atoms with Gasteiger partial charge in [-0.25, -0.2) is 0 Å². The SMILES string of the molecule is CCOCCN1CCN(C2=NC(=O)C(=Cc3ccc4c(cnn4Cc4ccc(C(F)(F)F)cc4C(F)(F)F)c3)S2)CC1. The zero-order chi connectivity index (χ0) is 30.1. The fourth-order valence-electron chi connectivity index (χ4n) is 4.82. The summed E-state index contributed by atoms with van der Waals surface area (Å²) in [6.07, 6.45) is -6.70. The summed E-state index contributed by atoms with van der Waals surface area (Å²) in [4.78, 5) is 21.7. The highest BCUT2D eigenvalue weighted by atomic mass is 32.2. The number of aliphatic imine (C=N–C) groups is 1. The van der Waals surface area contributed by atoms with Crippen LogP contribution in [0.15, 0.2) is 52.5 Å². The van der Waals surface area contributed by atoms with E-state index in [1.807, 2.05) is 6.92 Å². The number of rotatable bonds is 7. The predicted octanol–water partition coefficient (Wildman–Crippen LogP) is 5.75. The van der Waals surface area contributed by atoms with E-state index in [2.05, 4.69) is 19.9 Å². The predicted molar refractivity (Wildman–Crippen MR) is 148 cm³/mol. The van der Waals surface area contributed by atoms with Crippen molar-refractivity contribution in [2.45, 2.75) is 25.8 Å². The Hall–Kier alpha value is -3.36. The maximum absolute atomic E-state index is 13.6. The summed E-state index contributed by atoms with van der Waals surface area (Å²) in [7, 11) is 0. The fraction of sp³-hybridized carbons (Fsp3) is 0.393. The van der Waals surface area contributed by atoms with Gasteiger partial charge in [-0.1, -0.05) is 12.1 Å². The van der Waals surface area contributed by atoms with Crippen LogP contribution in [0.3, 0.4) is 0 Å². The summed E-state index contributed by atoms with van der Waals surface area (Å²) in [5.41, 5.74) is -1.88. The summed E-state index contributed by atoms with van der Waals surface area (Å²) in [6, 6.07) is 6.69. The Kier molecular flexibility index (Phi) is 8.67. The van der Waals surface area contributed by atoms with Crippen molar-refractivity contribution in [3.05, 3.63) is 69.8 Å². The van der Waals surface area contributed by atoms with Crippen LogP contribution in [-0.2, 0) is 28.4 Å². The van der Waals surface area contributed by atoms with Crippen molar-refractivity contribution in [1.29, 1.82) is 0 Å². The van der Waals surface area contributed by atoms with Gasteiger partial charge in [-0.15, -0.1) is 0 Å². The Labute approximate surface area is 241 Å². The van der Waals surface area contributed by atoms with E-state index in [0.29, 0.717) is 45.8 Å². The van der Waals surface area contributed by atoms with Crippen LogP contribution in [0.25, 0.3) is 17.0 Å². The molecule has 0 aliphatic carbocycles. The molecule has 0 radical (unpaired) electrons. The molecule has 0 bridgehead atoms. The Morgan fingerprint density at radius 2 is 1.76 bits per heavy atom. The Balaban J connectivity index is 1.28. The first-order valence-corrected chi connectivity index (χ1v) is 14.0. The highest BCUT2D eigenvalue weighted by molar-refractivity contribution is 8.18. The van der Waals surface area contributed by atoms with E-state index in [1.165, 1.54) is 22.6 Å². The first kappa shape index (κ1) is 30.1. The van der Waals surface area contributed by atoms with Crippen LogP contribution in [0, 0.1) is 0 Å². The maximum Gasteiger partial charge on any atom is 0.416 e. The molecular weight excluding hydrogens is 584 g/mol. The number of aromatic nitrogens is 2. The molecule has 1 saturated heterocycles. The highest BCUT2D eigenvalue weighted by Crippen LogP contribution is 2.38. The van der Waals surface area contributed by atoms with E-state index < -0.39 is 23.5 Å². The fourth-order valence-corrected chi connectivity index (χ4v) is 5.79. The van der Waals surface area contributed by atoms with Gasteiger partial charge in [0.05, 0.1) is 40.9 Å². The van der Waals surface area contributed by atoms with Crippen LogP contribution in [0.4, 0.5) is 26.3 Å². The quantitative estimate of drug-likeness (QED) is 0.193. The minimum absolute atomic E-state index is 0.125. The molecule has 3 aromatic rings. The highest BCUT2D eigenvalue weighted by Gasteiger charge is 2.38. The maximum atomic E-state index is 13.6. The molecule has 2 aliphatic heterocycles. The van der Waals surface area contributed by atoms with Gasteiger partial charge in [-0.05, 0) is 60.2 Å². The molecule has 2 aromatic carbocycles. The van der Waals surface area contributed by atoms with Gasteiger partial charge in [-0.2, -0.15) is 36.4 Å². The molecule has 224 valence electrons. The van der Waals surface area contributed by atoms with Crippen molar-refractivity contribution in [2.75, 3.05) is 45.9 Å². The van der Waals surface area contributed by atoms with Crippen molar-refractivity contribution in [2.24, 2.45) is 4.99 Å². The van der Waals surface area contributed by atoms with Gasteiger partial charge in [0.2, 0.25) is 0 Å². The topological polar surface area (TPSA) is 63.0 Å². The molecule has 0 saturated carbocycles. The Bertz CT molecular complexity index is 1520. The second-order valence-corrected chi connectivity index (χ2v) is 10.8. The molecule has 42 heavy (non-hydrogen) atoms. The van der Waals surface area contributed by atoms with Gasteiger partial charge in [0, 0.05) is 44.7 Å². The lowest BCUT2D eigenvalue weighted by atomic mass is 10.0. The molecule has 3 heterocycles. The largest absolute Gasteiger partial charge is 0.416 e. The van der Waals surface area contributed by atoms with E-state index in [-0.39, 0.29) is 24.1 Å². The van der Waals surface area contributed by atoms with Crippen LogP contribution >= 0.6 is 11.8 Å². The minimum Gasteiger partial charge on any atom is -0.380 e. The van der Waals surface area contributed by atoms with Crippen molar-refractivity contribution in [3.63, 3.8) is 0 Å². The second-order valence-electron chi connectivity index (χ2n) is 9.82. The monoisotopic (exact) mass is 611 g/mol. The molecule has 0 spiro atoms. The molecule has 14 heteroatoms. The number of thioether (sulfide) groups is 1. The molecule has 1 fully saturated rings. The van der Waals surface area contributed by atoms with E-state index in [1.54, 1.807) is 24.3 Å². The van der Waals surface area contributed by atoms with Crippen molar-refractivity contribution in [1.82, 2.24) is 19.6 Å². The molecule has 7 nitrogen and oxygen atoms in total. The molecular formula is C28H27F6N5O2S. The molecule has 5 rings (SSSR count). The number of nitrogens with zero attached hydrogens (tertiary/aromatic N) is 5. The number of fused-ring (bicyclic) bond motifs is 1. The third-order valence-corrected chi connectivity index (χ3v) is 8.08. The summed E-state index contributed by atoms with van der Waals surface area (Å²) < 4.78 is 86.6. The van der Waals surface area contributed by atoms with Crippen LogP contribution < -0.4 is 0 Å². The van der Waals surface area contributed by atoms with E-state index >= 15 is 0 Å². The molecule has 1 aromatic heterocycles. The van der Waals surface area contributed by atoms with Crippen molar-refractivity contribution >= 4 is 39.8 Å². The number of halogens is 6. The Morgan fingerprint density at radius 3 is 2.45 bits per heavy atom. The lowest BCUT2D eigenvalue weighted by Crippen LogP contribution is -2.48. The smallest absolute Gasteiger partial charge is 0.380 e. The van der Waals surface area contributed by atoms with Gasteiger partial charge in [-0.3, -0.25) is 14.4 Å². The molecule has 0 N–H and O–H groups in total. The summed E-state index contributed by atoms with van der Waals surface area (Å²) in [6.45, 7) is 7.01. The molecule has 2 aliphatic rings. The van der Waals surface area contributed by atoms with Crippen LogP contribution in [0.2, 0.25) is 0 Å². The summed E-state index contributed by atoms with van der Waals surface area (Å²) in [5.74, 6) is -0.341. The first-order valence-electron chi connectivity index (χ1n) is 13.2. The summed E-state index contributed by atoms with van der Waals surface area (Å²) >= 11 is 1.30. The van der Waals surface area contributed by atoms with Gasteiger partial charge in [0.25, 0.3) is 5.91 Å². The van der Waals surface area contributed by atoms with Crippen LogP contribution in [0.1, 0.15) is 29.2 Å². The van der Waals surface area contributed by atoms with Crippen molar-refractivity contribution < 1.29 is 35.9 Å².